The van der Waals surface area contributed by atoms with E-state index in [1.807, 2.05) is 0 Å². The van der Waals surface area contributed by atoms with Crippen LogP contribution in [-0.2, 0) is 24.2 Å². The van der Waals surface area contributed by atoms with Gasteiger partial charge in [-0.25, -0.2) is 13.2 Å². The lowest BCUT2D eigenvalue weighted by Crippen LogP contribution is -2.61. The van der Waals surface area contributed by atoms with Crippen molar-refractivity contribution in [3.63, 3.8) is 0 Å². The second-order valence-electron chi connectivity index (χ2n) is 7.78. The SMILES string of the molecule is CS(=O)(=O)c1ccccc1C(=O)OCC(=O)N1c2ccccc2NC(=O)C12CCCC2. The first-order valence-corrected chi connectivity index (χ1v) is 11.8. The van der Waals surface area contributed by atoms with Crippen LogP contribution >= 0.6 is 0 Å². The molecule has 2 aromatic carbocycles. The lowest BCUT2D eigenvalue weighted by Gasteiger charge is -2.44. The quantitative estimate of drug-likeness (QED) is 0.729. The molecule has 9 heteroatoms. The Morgan fingerprint density at radius 1 is 1.06 bits per heavy atom. The first-order valence-electron chi connectivity index (χ1n) is 9.94. The van der Waals surface area contributed by atoms with E-state index in [2.05, 4.69) is 5.32 Å². The van der Waals surface area contributed by atoms with E-state index in [0.29, 0.717) is 24.2 Å². The maximum atomic E-state index is 13.2. The van der Waals surface area contributed by atoms with Crippen molar-refractivity contribution in [1.82, 2.24) is 0 Å². The van der Waals surface area contributed by atoms with E-state index in [0.717, 1.165) is 19.1 Å². The Labute approximate surface area is 180 Å². The van der Waals surface area contributed by atoms with Crippen molar-refractivity contribution in [3.8, 4) is 0 Å². The second kappa shape index (κ2) is 7.81. The van der Waals surface area contributed by atoms with E-state index < -0.39 is 33.9 Å². The molecule has 0 unspecified atom stereocenters. The van der Waals surface area contributed by atoms with Crippen LogP contribution in [0.15, 0.2) is 53.4 Å². The number of carbonyl (C=O) groups excluding carboxylic acids is 3. The zero-order valence-electron chi connectivity index (χ0n) is 17.0. The number of sulfone groups is 1. The minimum Gasteiger partial charge on any atom is -0.452 e. The highest BCUT2D eigenvalue weighted by Crippen LogP contribution is 2.45. The standard InChI is InChI=1S/C22H22N2O6S/c1-31(28,29)18-11-5-2-8-15(18)20(26)30-14-19(25)24-17-10-4-3-9-16(17)23-21(27)22(24)12-6-7-13-22/h2-5,8-11H,6-7,12-14H2,1H3,(H,23,27). The third-order valence-electron chi connectivity index (χ3n) is 5.76. The van der Waals surface area contributed by atoms with Gasteiger partial charge in [-0.05, 0) is 37.1 Å². The van der Waals surface area contributed by atoms with Gasteiger partial charge in [0.05, 0.1) is 21.8 Å². The summed E-state index contributed by atoms with van der Waals surface area (Å²) in [6.07, 6.45) is 3.65. The molecule has 1 spiro atoms. The fourth-order valence-electron chi connectivity index (χ4n) is 4.36. The maximum Gasteiger partial charge on any atom is 0.339 e. The Morgan fingerprint density at radius 3 is 2.42 bits per heavy atom. The van der Waals surface area contributed by atoms with Crippen LogP contribution in [-0.4, -0.2) is 44.6 Å². The van der Waals surface area contributed by atoms with Crippen molar-refractivity contribution in [2.24, 2.45) is 0 Å². The van der Waals surface area contributed by atoms with Crippen molar-refractivity contribution in [2.45, 2.75) is 36.1 Å². The topological polar surface area (TPSA) is 110 Å². The number of hydrogen-bond acceptors (Lipinski definition) is 6. The molecule has 1 aliphatic carbocycles. The number of carbonyl (C=O) groups is 3. The summed E-state index contributed by atoms with van der Waals surface area (Å²) >= 11 is 0. The molecule has 162 valence electrons. The molecule has 0 bridgehead atoms. The largest absolute Gasteiger partial charge is 0.452 e. The van der Waals surface area contributed by atoms with E-state index in [-0.39, 0.29) is 16.4 Å². The normalized spacial score (nSPS) is 17.2. The number of ether oxygens (including phenoxy) is 1. The van der Waals surface area contributed by atoms with Gasteiger partial charge in [0.1, 0.15) is 5.54 Å². The molecule has 4 rings (SSSR count). The number of esters is 1. The lowest BCUT2D eigenvalue weighted by molar-refractivity contribution is -0.129. The number of benzene rings is 2. The summed E-state index contributed by atoms with van der Waals surface area (Å²) in [6, 6.07) is 12.7. The molecule has 2 amide bonds. The first kappa shape index (κ1) is 21.0. The summed E-state index contributed by atoms with van der Waals surface area (Å²) in [6.45, 7) is -0.611. The predicted octanol–water partition coefficient (Wildman–Crippen LogP) is 2.55. The van der Waals surface area contributed by atoms with Gasteiger partial charge in [-0.1, -0.05) is 37.1 Å². The van der Waals surface area contributed by atoms with Crippen LogP contribution in [0.1, 0.15) is 36.0 Å². The molecule has 31 heavy (non-hydrogen) atoms. The van der Waals surface area contributed by atoms with Crippen LogP contribution in [0.25, 0.3) is 0 Å². The van der Waals surface area contributed by atoms with Gasteiger partial charge < -0.3 is 10.1 Å². The van der Waals surface area contributed by atoms with Gasteiger partial charge in [0.25, 0.3) is 11.8 Å². The summed E-state index contributed by atoms with van der Waals surface area (Å²) in [5, 5.41) is 2.89. The summed E-state index contributed by atoms with van der Waals surface area (Å²) in [5.74, 6) is -1.69. The number of hydrogen-bond donors (Lipinski definition) is 1. The number of nitrogens with one attached hydrogen (secondary N) is 1. The van der Waals surface area contributed by atoms with Gasteiger partial charge in [-0.2, -0.15) is 0 Å². The number of para-hydroxylation sites is 2. The number of fused-ring (bicyclic) bond motifs is 1. The molecule has 2 aliphatic rings. The summed E-state index contributed by atoms with van der Waals surface area (Å²) in [7, 11) is -3.65. The highest BCUT2D eigenvalue weighted by atomic mass is 32.2. The lowest BCUT2D eigenvalue weighted by atomic mass is 9.90. The minimum atomic E-state index is -3.65. The maximum absolute atomic E-state index is 13.2. The van der Waals surface area contributed by atoms with Gasteiger partial charge >= 0.3 is 5.97 Å². The summed E-state index contributed by atoms with van der Waals surface area (Å²) in [5.41, 5.74) is -0.0680. The fraction of sp³-hybridized carbons (Fsp3) is 0.318. The Bertz CT molecular complexity index is 1170. The number of rotatable bonds is 4. The second-order valence-corrected chi connectivity index (χ2v) is 9.77. The van der Waals surface area contributed by atoms with Crippen molar-refractivity contribution in [3.05, 3.63) is 54.1 Å². The molecule has 0 atom stereocenters. The van der Waals surface area contributed by atoms with E-state index in [1.165, 1.54) is 29.2 Å². The van der Waals surface area contributed by atoms with Crippen LogP contribution in [0.2, 0.25) is 0 Å². The van der Waals surface area contributed by atoms with Crippen LogP contribution in [0.4, 0.5) is 11.4 Å². The molecule has 0 radical (unpaired) electrons. The van der Waals surface area contributed by atoms with Crippen molar-refractivity contribution < 1.29 is 27.5 Å². The monoisotopic (exact) mass is 442 g/mol. The van der Waals surface area contributed by atoms with E-state index in [1.54, 1.807) is 24.3 Å². The Hall–Kier alpha value is -3.20. The first-order chi connectivity index (χ1) is 14.7. The van der Waals surface area contributed by atoms with Crippen molar-refractivity contribution in [1.29, 1.82) is 0 Å². The molecule has 1 heterocycles. The van der Waals surface area contributed by atoms with Crippen LogP contribution in [0.3, 0.4) is 0 Å². The minimum absolute atomic E-state index is 0.134. The zero-order chi connectivity index (χ0) is 22.2. The van der Waals surface area contributed by atoms with Crippen molar-refractivity contribution >= 4 is 39.0 Å². The van der Waals surface area contributed by atoms with Gasteiger partial charge in [-0.15, -0.1) is 0 Å². The Balaban J connectivity index is 1.61. The van der Waals surface area contributed by atoms with Crippen LogP contribution < -0.4 is 10.2 Å². The Kier molecular flexibility index (Phi) is 5.30. The van der Waals surface area contributed by atoms with Crippen LogP contribution in [0, 0.1) is 0 Å². The Morgan fingerprint density at radius 2 is 1.71 bits per heavy atom. The van der Waals surface area contributed by atoms with Gasteiger partial charge in [0.2, 0.25) is 0 Å². The van der Waals surface area contributed by atoms with Crippen LogP contribution in [0.5, 0.6) is 0 Å². The fourth-order valence-corrected chi connectivity index (χ4v) is 5.23. The summed E-state index contributed by atoms with van der Waals surface area (Å²) < 4.78 is 29.1. The summed E-state index contributed by atoms with van der Waals surface area (Å²) in [4.78, 5) is 40.0. The van der Waals surface area contributed by atoms with Gasteiger partial charge in [0, 0.05) is 6.26 Å². The van der Waals surface area contributed by atoms with E-state index in [4.69, 9.17) is 4.74 Å². The number of nitrogens with zero attached hydrogens (tertiary/aromatic N) is 1. The third kappa shape index (κ3) is 3.69. The predicted molar refractivity (Wildman–Crippen MR) is 114 cm³/mol. The number of anilines is 2. The van der Waals surface area contributed by atoms with E-state index in [9.17, 15) is 22.8 Å². The zero-order valence-corrected chi connectivity index (χ0v) is 17.8. The smallest absolute Gasteiger partial charge is 0.339 e. The molecular weight excluding hydrogens is 420 g/mol. The molecule has 0 saturated heterocycles. The highest BCUT2D eigenvalue weighted by Gasteiger charge is 2.52. The molecular formula is C22H22N2O6S. The molecule has 1 saturated carbocycles. The van der Waals surface area contributed by atoms with Gasteiger partial charge in [0.15, 0.2) is 16.4 Å². The number of amides is 2. The molecule has 1 N–H and O–H groups in total. The molecule has 1 aliphatic heterocycles. The van der Waals surface area contributed by atoms with E-state index >= 15 is 0 Å². The van der Waals surface area contributed by atoms with Crippen molar-refractivity contribution in [2.75, 3.05) is 23.1 Å². The molecule has 2 aromatic rings. The highest BCUT2D eigenvalue weighted by molar-refractivity contribution is 7.90. The molecule has 8 nitrogen and oxygen atoms in total. The van der Waals surface area contributed by atoms with Gasteiger partial charge in [-0.3, -0.25) is 14.5 Å². The molecule has 1 fully saturated rings. The average Bonchev–Trinajstić information content (AvgIpc) is 3.22. The molecule has 0 aromatic heterocycles. The third-order valence-corrected chi connectivity index (χ3v) is 6.91. The average molecular weight is 442 g/mol.